The molecule has 0 aliphatic heterocycles. The molecule has 0 aromatic heterocycles. The summed E-state index contributed by atoms with van der Waals surface area (Å²) in [6.45, 7) is 2.04. The Kier molecular flexibility index (Phi) is 10.2. The van der Waals surface area contributed by atoms with Gasteiger partial charge in [-0.2, -0.15) is 23.5 Å². The van der Waals surface area contributed by atoms with Gasteiger partial charge in [-0.25, -0.2) is 4.79 Å². The minimum atomic E-state index is -0.995. The predicted octanol–water partition coefficient (Wildman–Crippen LogP) is 6.41. The van der Waals surface area contributed by atoms with Crippen molar-refractivity contribution in [2.45, 2.75) is 57.2 Å². The molecule has 0 spiro atoms. The lowest BCUT2D eigenvalue weighted by Gasteiger charge is -2.21. The maximum atomic E-state index is 13.2. The zero-order chi connectivity index (χ0) is 23.6. The maximum absolute atomic E-state index is 13.2. The van der Waals surface area contributed by atoms with Gasteiger partial charge in [0.05, 0.1) is 0 Å². The molecule has 0 saturated heterocycles. The Morgan fingerprint density at radius 3 is 2.55 bits per heavy atom. The molecule has 1 fully saturated rings. The molecule has 33 heavy (non-hydrogen) atoms. The summed E-state index contributed by atoms with van der Waals surface area (Å²) in [5, 5.41) is 12.3. The van der Waals surface area contributed by atoms with Crippen LogP contribution in [0.25, 0.3) is 11.1 Å². The monoisotopic (exact) mass is 485 g/mol. The van der Waals surface area contributed by atoms with Crippen LogP contribution in [0, 0.1) is 12.8 Å². The highest BCUT2D eigenvalue weighted by Crippen LogP contribution is 2.31. The number of benzene rings is 2. The molecule has 4 nitrogen and oxygen atoms in total. The van der Waals surface area contributed by atoms with Crippen molar-refractivity contribution in [3.63, 3.8) is 0 Å². The second-order valence-corrected chi connectivity index (χ2v) is 10.9. The zero-order valence-electron chi connectivity index (χ0n) is 19.6. The number of aliphatic carboxylic acids is 1. The van der Waals surface area contributed by atoms with Gasteiger partial charge in [0.2, 0.25) is 0 Å². The molecule has 178 valence electrons. The number of hydrogen-bond donors (Lipinski definition) is 2. The quantitative estimate of drug-likeness (QED) is 0.385. The largest absolute Gasteiger partial charge is 0.480 e. The number of aryl methyl sites for hydroxylation is 1. The van der Waals surface area contributed by atoms with E-state index in [-0.39, 0.29) is 5.91 Å². The third-order valence-corrected chi connectivity index (χ3v) is 8.21. The van der Waals surface area contributed by atoms with Crippen molar-refractivity contribution in [2.75, 3.05) is 17.8 Å². The average Bonchev–Trinajstić information content (AvgIpc) is 2.82. The van der Waals surface area contributed by atoms with Gasteiger partial charge in [0.1, 0.15) is 6.04 Å². The van der Waals surface area contributed by atoms with Gasteiger partial charge in [0.15, 0.2) is 0 Å². The van der Waals surface area contributed by atoms with E-state index in [0.717, 1.165) is 28.4 Å². The van der Waals surface area contributed by atoms with Crippen LogP contribution in [0.5, 0.6) is 0 Å². The Labute approximate surface area is 206 Å². The number of carbonyl (C=O) groups excluding carboxylic acids is 1. The van der Waals surface area contributed by atoms with E-state index in [4.69, 9.17) is 0 Å². The highest BCUT2D eigenvalue weighted by molar-refractivity contribution is 7.98. The number of carboxylic acids is 1. The van der Waals surface area contributed by atoms with Gasteiger partial charge in [-0.05, 0) is 84.3 Å². The van der Waals surface area contributed by atoms with Crippen molar-refractivity contribution < 1.29 is 14.7 Å². The van der Waals surface area contributed by atoms with E-state index in [2.05, 4.69) is 11.4 Å². The third kappa shape index (κ3) is 7.54. The molecular formula is C27H35NO3S2. The SMILES string of the molecule is CSCC[C@H](NC(=O)c1ccc(CSCC2CCCCC2)cc1-c1ccccc1C)C(=O)O. The number of nitrogens with one attached hydrogen (secondary N) is 1. The molecule has 2 N–H and O–H groups in total. The van der Waals surface area contributed by atoms with Crippen LogP contribution in [0.15, 0.2) is 42.5 Å². The minimum absolute atomic E-state index is 0.330. The average molecular weight is 486 g/mol. The van der Waals surface area contributed by atoms with E-state index >= 15 is 0 Å². The molecule has 3 rings (SSSR count). The second kappa shape index (κ2) is 13.1. The van der Waals surface area contributed by atoms with Gasteiger partial charge in [0.25, 0.3) is 5.91 Å². The first-order chi connectivity index (χ1) is 16.0. The lowest BCUT2D eigenvalue weighted by molar-refractivity contribution is -0.139. The van der Waals surface area contributed by atoms with Crippen molar-refractivity contribution in [1.29, 1.82) is 0 Å². The topological polar surface area (TPSA) is 66.4 Å². The predicted molar refractivity (Wildman–Crippen MR) is 141 cm³/mol. The summed E-state index contributed by atoms with van der Waals surface area (Å²) in [4.78, 5) is 24.8. The molecule has 1 saturated carbocycles. The molecule has 1 atom stereocenters. The lowest BCUT2D eigenvalue weighted by atomic mass is 9.91. The molecule has 0 unspecified atom stereocenters. The van der Waals surface area contributed by atoms with Crippen molar-refractivity contribution in [3.8, 4) is 11.1 Å². The van der Waals surface area contributed by atoms with Crippen molar-refractivity contribution in [1.82, 2.24) is 5.32 Å². The smallest absolute Gasteiger partial charge is 0.326 e. The minimum Gasteiger partial charge on any atom is -0.480 e. The number of hydrogen-bond acceptors (Lipinski definition) is 4. The Balaban J connectivity index is 1.80. The first-order valence-corrected chi connectivity index (χ1v) is 14.3. The normalized spacial score (nSPS) is 15.2. The highest BCUT2D eigenvalue weighted by atomic mass is 32.2. The highest BCUT2D eigenvalue weighted by Gasteiger charge is 2.23. The fourth-order valence-corrected chi connectivity index (χ4v) is 6.07. The molecule has 2 aromatic rings. The maximum Gasteiger partial charge on any atom is 0.326 e. The molecule has 0 radical (unpaired) electrons. The van der Waals surface area contributed by atoms with Crippen LogP contribution in [-0.2, 0) is 10.5 Å². The number of amides is 1. The Hall–Kier alpha value is -1.92. The molecule has 1 aliphatic rings. The number of carboxylic acid groups (broad SMARTS) is 1. The summed E-state index contributed by atoms with van der Waals surface area (Å²) in [5.74, 6) is 2.30. The molecule has 2 aromatic carbocycles. The summed E-state index contributed by atoms with van der Waals surface area (Å²) in [6.07, 6.45) is 9.13. The van der Waals surface area contributed by atoms with E-state index < -0.39 is 12.0 Å². The van der Waals surface area contributed by atoms with E-state index in [9.17, 15) is 14.7 Å². The number of carbonyl (C=O) groups is 2. The summed E-state index contributed by atoms with van der Waals surface area (Å²) in [7, 11) is 0. The zero-order valence-corrected chi connectivity index (χ0v) is 21.3. The fraction of sp³-hybridized carbons (Fsp3) is 0.481. The Bertz CT molecular complexity index is 941. The third-order valence-electron chi connectivity index (χ3n) is 6.32. The molecule has 0 heterocycles. The first kappa shape index (κ1) is 25.7. The first-order valence-electron chi connectivity index (χ1n) is 11.8. The van der Waals surface area contributed by atoms with Crippen LogP contribution in [-0.4, -0.2) is 40.8 Å². The van der Waals surface area contributed by atoms with Crippen LogP contribution in [0.1, 0.15) is 60.0 Å². The van der Waals surface area contributed by atoms with E-state index in [1.165, 1.54) is 43.4 Å². The number of rotatable bonds is 11. The van der Waals surface area contributed by atoms with Crippen molar-refractivity contribution in [2.24, 2.45) is 5.92 Å². The van der Waals surface area contributed by atoms with Crippen molar-refractivity contribution >= 4 is 35.4 Å². The van der Waals surface area contributed by atoms with Crippen LogP contribution in [0.2, 0.25) is 0 Å². The fourth-order valence-electron chi connectivity index (χ4n) is 4.40. The van der Waals surface area contributed by atoms with Crippen LogP contribution in [0.4, 0.5) is 0 Å². The summed E-state index contributed by atoms with van der Waals surface area (Å²) in [6, 6.07) is 13.1. The van der Waals surface area contributed by atoms with Gasteiger partial charge in [0, 0.05) is 11.3 Å². The summed E-state index contributed by atoms with van der Waals surface area (Å²) < 4.78 is 0. The Morgan fingerprint density at radius 2 is 1.85 bits per heavy atom. The van der Waals surface area contributed by atoms with E-state index in [0.29, 0.717) is 17.7 Å². The van der Waals surface area contributed by atoms with Crippen LogP contribution < -0.4 is 5.32 Å². The van der Waals surface area contributed by atoms with Gasteiger partial charge < -0.3 is 10.4 Å². The summed E-state index contributed by atoms with van der Waals surface area (Å²) >= 11 is 3.55. The summed E-state index contributed by atoms with van der Waals surface area (Å²) in [5.41, 5.74) is 4.70. The standard InChI is InChI=1S/C27H35NO3S2/c1-19-8-6-7-11-22(19)24-16-21(18-33-17-20-9-4-3-5-10-20)12-13-23(24)26(29)28-25(27(30)31)14-15-32-2/h6-8,11-13,16,20,25H,3-5,9-10,14-15,17-18H2,1-2H3,(H,28,29)(H,30,31)/t25-/m0/s1. The van der Waals surface area contributed by atoms with Crippen LogP contribution >= 0.6 is 23.5 Å². The number of thioether (sulfide) groups is 2. The Morgan fingerprint density at radius 1 is 1.09 bits per heavy atom. The van der Waals surface area contributed by atoms with Crippen LogP contribution in [0.3, 0.4) is 0 Å². The van der Waals surface area contributed by atoms with Gasteiger partial charge in [-0.3, -0.25) is 4.79 Å². The molecule has 6 heteroatoms. The lowest BCUT2D eigenvalue weighted by Crippen LogP contribution is -2.41. The molecule has 1 aliphatic carbocycles. The second-order valence-electron chi connectivity index (χ2n) is 8.86. The molecular weight excluding hydrogens is 450 g/mol. The van der Waals surface area contributed by atoms with E-state index in [1.54, 1.807) is 11.8 Å². The molecule has 1 amide bonds. The van der Waals surface area contributed by atoms with Crippen molar-refractivity contribution in [3.05, 3.63) is 59.2 Å². The molecule has 0 bridgehead atoms. The van der Waals surface area contributed by atoms with E-state index in [1.807, 2.05) is 61.3 Å². The van der Waals surface area contributed by atoms with Gasteiger partial charge in [-0.1, -0.05) is 49.6 Å². The van der Waals surface area contributed by atoms with Gasteiger partial charge >= 0.3 is 5.97 Å². The van der Waals surface area contributed by atoms with Gasteiger partial charge in [-0.15, -0.1) is 0 Å².